The molecule has 2 aliphatic heterocycles. The van der Waals surface area contributed by atoms with Crippen LogP contribution in [0.25, 0.3) is 0 Å². The van der Waals surface area contributed by atoms with Crippen LogP contribution in [0.15, 0.2) is 58.7 Å². The molecule has 2 aromatic carbocycles. The summed E-state index contributed by atoms with van der Waals surface area (Å²) in [5.41, 5.74) is 4.66. The molecule has 2 heterocycles. The molecule has 4 aliphatic rings. The Labute approximate surface area is 174 Å². The topological polar surface area (TPSA) is 65.0 Å². The minimum Gasteiger partial charge on any atom is -0.454 e. The number of carbonyl (C=O) groups excluding carboxylic acids is 2. The number of hydrogen-bond donors (Lipinski definition) is 0. The fourth-order valence-corrected chi connectivity index (χ4v) is 5.35. The molecule has 0 bridgehead atoms. The summed E-state index contributed by atoms with van der Waals surface area (Å²) in [5.74, 6) is 0.643. The molecular weight excluding hydrogens is 378 g/mol. The maximum absolute atomic E-state index is 13.5. The summed E-state index contributed by atoms with van der Waals surface area (Å²) in [5, 5.41) is 0. The van der Waals surface area contributed by atoms with Crippen LogP contribution in [0.2, 0.25) is 0 Å². The monoisotopic (exact) mass is 399 g/mol. The highest BCUT2D eigenvalue weighted by molar-refractivity contribution is 6.30. The Morgan fingerprint density at radius 1 is 0.933 bits per heavy atom. The summed E-state index contributed by atoms with van der Waals surface area (Å²) in [4.78, 5) is 31.8. The molecule has 30 heavy (non-hydrogen) atoms. The van der Waals surface area contributed by atoms with E-state index in [1.165, 1.54) is 0 Å². The largest absolute Gasteiger partial charge is 0.454 e. The van der Waals surface area contributed by atoms with Crippen LogP contribution >= 0.6 is 0 Å². The van der Waals surface area contributed by atoms with Gasteiger partial charge in [0.05, 0.1) is 11.6 Å². The van der Waals surface area contributed by atoms with Crippen molar-refractivity contribution in [3.05, 3.63) is 70.4 Å². The van der Waals surface area contributed by atoms with E-state index in [0.29, 0.717) is 29.1 Å². The number of hydrogen-bond acceptors (Lipinski definition) is 5. The van der Waals surface area contributed by atoms with Gasteiger partial charge in [-0.05, 0) is 29.5 Å². The Hall–Kier alpha value is -3.21. The smallest absolute Gasteiger partial charge is 0.231 e. The van der Waals surface area contributed by atoms with Crippen LogP contribution in [-0.2, 0) is 4.79 Å². The third kappa shape index (κ3) is 2.38. The normalized spacial score (nSPS) is 25.6. The van der Waals surface area contributed by atoms with E-state index in [1.54, 1.807) is 0 Å². The Morgan fingerprint density at radius 3 is 2.53 bits per heavy atom. The third-order valence-electron chi connectivity index (χ3n) is 6.60. The van der Waals surface area contributed by atoms with E-state index < -0.39 is 5.92 Å². The summed E-state index contributed by atoms with van der Waals surface area (Å²) in [7, 11) is 0. The molecule has 2 aliphatic carbocycles. The van der Waals surface area contributed by atoms with Crippen LogP contribution in [0.3, 0.4) is 0 Å². The number of ketones is 2. The van der Waals surface area contributed by atoms with E-state index in [2.05, 4.69) is 13.8 Å². The molecule has 0 unspecified atom stereocenters. The summed E-state index contributed by atoms with van der Waals surface area (Å²) in [6, 6.07) is 13.4. The molecule has 2 aromatic rings. The molecule has 0 saturated carbocycles. The minimum atomic E-state index is -0.480. The Kier molecular flexibility index (Phi) is 3.47. The molecule has 0 spiro atoms. The van der Waals surface area contributed by atoms with Crippen LogP contribution in [0.5, 0.6) is 11.5 Å². The highest BCUT2D eigenvalue weighted by Gasteiger charge is 2.50. The standard InChI is InChI=1S/C25H21NO4/c1-25(2)10-16-21(17(27)11-25)20(13-7-8-18-19(9-13)30-12-29-18)22-23(26-16)14-5-3-4-6-15(14)24(22)28/h3-9,20,22H,10-12H2,1-2H3/t20-,22+/m1/s1. The second-order valence-electron chi connectivity index (χ2n) is 9.28. The molecule has 0 radical (unpaired) electrons. The summed E-state index contributed by atoms with van der Waals surface area (Å²) < 4.78 is 11.0. The fraction of sp³-hybridized carbons (Fsp3) is 0.320. The van der Waals surface area contributed by atoms with Crippen molar-refractivity contribution in [2.75, 3.05) is 6.79 Å². The lowest BCUT2D eigenvalue weighted by Crippen LogP contribution is -2.37. The van der Waals surface area contributed by atoms with Gasteiger partial charge in [-0.25, -0.2) is 0 Å². The lowest BCUT2D eigenvalue weighted by Gasteiger charge is -2.38. The van der Waals surface area contributed by atoms with Gasteiger partial charge in [-0.15, -0.1) is 0 Å². The van der Waals surface area contributed by atoms with Crippen molar-refractivity contribution in [2.24, 2.45) is 16.3 Å². The number of ether oxygens (including phenoxy) is 2. The van der Waals surface area contributed by atoms with Crippen molar-refractivity contribution in [1.29, 1.82) is 0 Å². The average molecular weight is 399 g/mol. The van der Waals surface area contributed by atoms with Gasteiger partial charge in [0.1, 0.15) is 0 Å². The minimum absolute atomic E-state index is 0.0381. The molecule has 6 rings (SSSR count). The van der Waals surface area contributed by atoms with Gasteiger partial charge in [-0.2, -0.15) is 0 Å². The van der Waals surface area contributed by atoms with Crippen molar-refractivity contribution in [1.82, 2.24) is 0 Å². The SMILES string of the molecule is CC1(C)CC(=O)C2=C(C1)N=C1c3ccccc3C(=O)[C@H]1[C@@H]2c1ccc2c(c1)OCO2. The Morgan fingerprint density at radius 2 is 1.70 bits per heavy atom. The Balaban J connectivity index is 1.59. The van der Waals surface area contributed by atoms with Crippen LogP contribution in [0.1, 0.15) is 54.1 Å². The molecule has 5 nitrogen and oxygen atoms in total. The average Bonchev–Trinajstić information content (AvgIpc) is 3.28. The van der Waals surface area contributed by atoms with E-state index in [-0.39, 0.29) is 29.7 Å². The van der Waals surface area contributed by atoms with Crippen LogP contribution in [-0.4, -0.2) is 24.1 Å². The molecular formula is C25H21NO4. The predicted molar refractivity (Wildman–Crippen MR) is 111 cm³/mol. The number of carbonyl (C=O) groups is 2. The Bertz CT molecular complexity index is 1200. The first-order chi connectivity index (χ1) is 14.4. The zero-order chi connectivity index (χ0) is 20.6. The van der Waals surface area contributed by atoms with E-state index in [0.717, 1.165) is 29.0 Å². The highest BCUT2D eigenvalue weighted by atomic mass is 16.7. The lowest BCUT2D eigenvalue weighted by molar-refractivity contribution is -0.118. The summed E-state index contributed by atoms with van der Waals surface area (Å²) in [6.45, 7) is 4.39. The van der Waals surface area contributed by atoms with Crippen molar-refractivity contribution < 1.29 is 19.1 Å². The molecule has 0 N–H and O–H groups in total. The van der Waals surface area contributed by atoms with Crippen LogP contribution in [0, 0.1) is 11.3 Å². The van der Waals surface area contributed by atoms with Crippen LogP contribution < -0.4 is 9.47 Å². The van der Waals surface area contributed by atoms with Crippen molar-refractivity contribution in [2.45, 2.75) is 32.6 Å². The van der Waals surface area contributed by atoms with Gasteiger partial charge in [0.2, 0.25) is 6.79 Å². The molecule has 5 heteroatoms. The first-order valence-electron chi connectivity index (χ1n) is 10.3. The zero-order valence-corrected chi connectivity index (χ0v) is 16.9. The zero-order valence-electron chi connectivity index (χ0n) is 16.9. The van der Waals surface area contributed by atoms with Gasteiger partial charge in [0, 0.05) is 34.7 Å². The number of aliphatic imine (C=N–C) groups is 1. The number of nitrogens with zero attached hydrogens (tertiary/aromatic N) is 1. The fourth-order valence-electron chi connectivity index (χ4n) is 5.35. The second kappa shape index (κ2) is 5.91. The number of fused-ring (bicyclic) bond motifs is 4. The molecule has 150 valence electrons. The summed E-state index contributed by atoms with van der Waals surface area (Å²) >= 11 is 0. The van der Waals surface area contributed by atoms with Gasteiger partial charge in [-0.3, -0.25) is 14.6 Å². The van der Waals surface area contributed by atoms with Gasteiger partial charge in [0.15, 0.2) is 23.1 Å². The van der Waals surface area contributed by atoms with Crippen molar-refractivity contribution >= 4 is 17.3 Å². The second-order valence-corrected chi connectivity index (χ2v) is 9.28. The summed E-state index contributed by atoms with van der Waals surface area (Å²) in [6.07, 6.45) is 1.19. The van der Waals surface area contributed by atoms with Crippen LogP contribution in [0.4, 0.5) is 0 Å². The molecule has 0 aromatic heterocycles. The molecule has 0 amide bonds. The molecule has 0 saturated heterocycles. The number of allylic oxidation sites excluding steroid dienone is 2. The first kappa shape index (κ1) is 17.6. The maximum atomic E-state index is 13.5. The van der Waals surface area contributed by atoms with Gasteiger partial charge in [0.25, 0.3) is 0 Å². The lowest BCUT2D eigenvalue weighted by atomic mass is 9.66. The molecule has 2 atom stereocenters. The van der Waals surface area contributed by atoms with E-state index >= 15 is 0 Å². The first-order valence-corrected chi connectivity index (χ1v) is 10.3. The number of rotatable bonds is 1. The third-order valence-corrected chi connectivity index (χ3v) is 6.60. The highest BCUT2D eigenvalue weighted by Crippen LogP contribution is 2.52. The maximum Gasteiger partial charge on any atom is 0.231 e. The van der Waals surface area contributed by atoms with Crippen molar-refractivity contribution in [3.8, 4) is 11.5 Å². The predicted octanol–water partition coefficient (Wildman–Crippen LogP) is 4.46. The number of benzene rings is 2. The van der Waals surface area contributed by atoms with E-state index in [9.17, 15) is 9.59 Å². The van der Waals surface area contributed by atoms with Crippen molar-refractivity contribution in [3.63, 3.8) is 0 Å². The van der Waals surface area contributed by atoms with Gasteiger partial charge < -0.3 is 9.47 Å². The van der Waals surface area contributed by atoms with E-state index in [4.69, 9.17) is 14.5 Å². The van der Waals surface area contributed by atoms with E-state index in [1.807, 2.05) is 42.5 Å². The quantitative estimate of drug-likeness (QED) is 0.710. The molecule has 0 fully saturated rings. The van der Waals surface area contributed by atoms with Gasteiger partial charge >= 0.3 is 0 Å². The number of Topliss-reactive ketones (excluding diaryl/α,β-unsaturated/α-hetero) is 2. The van der Waals surface area contributed by atoms with Gasteiger partial charge in [-0.1, -0.05) is 44.2 Å².